The third-order valence-corrected chi connectivity index (χ3v) is 6.01. The van der Waals surface area contributed by atoms with Crippen LogP contribution >= 0.6 is 11.6 Å². The van der Waals surface area contributed by atoms with Crippen molar-refractivity contribution < 1.29 is 8.42 Å². The molecule has 112 valence electrons. The number of benzene rings is 1. The molecule has 1 saturated heterocycles. The van der Waals surface area contributed by atoms with Gasteiger partial charge in [0.15, 0.2) is 9.84 Å². The van der Waals surface area contributed by atoms with Crippen LogP contribution in [0.4, 0.5) is 5.82 Å². The summed E-state index contributed by atoms with van der Waals surface area (Å²) in [4.78, 5) is 0. The fraction of sp³-hybridized carbons (Fsp3) is 0.357. The van der Waals surface area contributed by atoms with E-state index < -0.39 is 15.4 Å². The lowest BCUT2D eigenvalue weighted by Crippen LogP contribution is -2.33. The minimum Gasteiger partial charge on any atom is -0.384 e. The highest BCUT2D eigenvalue weighted by Crippen LogP contribution is 2.34. The van der Waals surface area contributed by atoms with Gasteiger partial charge in [-0.2, -0.15) is 5.10 Å². The predicted molar refractivity (Wildman–Crippen MR) is 84.0 cm³/mol. The van der Waals surface area contributed by atoms with Gasteiger partial charge in [-0.15, -0.1) is 0 Å². The highest BCUT2D eigenvalue weighted by Gasteiger charge is 2.41. The monoisotopic (exact) mass is 325 g/mol. The molecule has 21 heavy (non-hydrogen) atoms. The Labute approximate surface area is 128 Å². The normalized spacial score (nSPS) is 24.3. The van der Waals surface area contributed by atoms with Crippen LogP contribution in [-0.4, -0.2) is 29.7 Å². The van der Waals surface area contributed by atoms with Gasteiger partial charge in [0.25, 0.3) is 0 Å². The first-order valence-electron chi connectivity index (χ1n) is 6.61. The van der Waals surface area contributed by atoms with E-state index >= 15 is 0 Å². The molecule has 0 amide bonds. The molecule has 1 aliphatic rings. The number of hydrogen-bond acceptors (Lipinski definition) is 4. The molecule has 2 aromatic rings. The van der Waals surface area contributed by atoms with Crippen LogP contribution in [0, 0.1) is 0 Å². The van der Waals surface area contributed by atoms with Crippen molar-refractivity contribution in [3.63, 3.8) is 0 Å². The zero-order valence-corrected chi connectivity index (χ0v) is 13.2. The Hall–Kier alpha value is -1.53. The first-order valence-corrected chi connectivity index (χ1v) is 8.81. The van der Waals surface area contributed by atoms with Gasteiger partial charge in [-0.25, -0.2) is 13.1 Å². The summed E-state index contributed by atoms with van der Waals surface area (Å²) in [5, 5.41) is 5.17. The van der Waals surface area contributed by atoms with E-state index in [-0.39, 0.29) is 11.5 Å². The average Bonchev–Trinajstić information content (AvgIpc) is 2.92. The van der Waals surface area contributed by atoms with Gasteiger partial charge in [-0.1, -0.05) is 23.7 Å². The van der Waals surface area contributed by atoms with E-state index in [4.69, 9.17) is 17.3 Å². The Bertz CT molecular complexity index is 783. The molecule has 3 rings (SSSR count). The fourth-order valence-corrected chi connectivity index (χ4v) is 4.99. The molecule has 1 aromatic carbocycles. The summed E-state index contributed by atoms with van der Waals surface area (Å²) in [7, 11) is -3.01. The van der Waals surface area contributed by atoms with Crippen LogP contribution < -0.4 is 5.73 Å². The molecule has 1 aromatic heterocycles. The highest BCUT2D eigenvalue weighted by molar-refractivity contribution is 7.91. The lowest BCUT2D eigenvalue weighted by Gasteiger charge is -2.24. The molecule has 2 heterocycles. The van der Waals surface area contributed by atoms with Gasteiger partial charge in [0.1, 0.15) is 5.82 Å². The molecule has 2 N–H and O–H groups in total. The summed E-state index contributed by atoms with van der Waals surface area (Å²) in [5.74, 6) is 0.727. The van der Waals surface area contributed by atoms with E-state index in [1.54, 1.807) is 22.9 Å². The molecule has 1 aliphatic heterocycles. The maximum Gasteiger partial charge on any atom is 0.152 e. The molecule has 1 unspecified atom stereocenters. The lowest BCUT2D eigenvalue weighted by molar-refractivity contribution is 0.335. The topological polar surface area (TPSA) is 78.0 Å². The van der Waals surface area contributed by atoms with Crippen molar-refractivity contribution in [1.29, 1.82) is 0 Å². The van der Waals surface area contributed by atoms with Crippen molar-refractivity contribution in [2.75, 3.05) is 17.2 Å². The van der Waals surface area contributed by atoms with Gasteiger partial charge in [0, 0.05) is 16.7 Å². The molecule has 1 atom stereocenters. The number of nitrogen functional groups attached to an aromatic ring is 1. The molecule has 5 nitrogen and oxygen atoms in total. The third kappa shape index (κ3) is 2.65. The molecule has 7 heteroatoms. The molecular formula is C14H16ClN3O2S. The standard InChI is InChI=1S/C14H16ClN3O2S/c1-14(6-7-21(19,20)9-14)18-13(16)8-12(17-18)10-2-4-11(15)5-3-10/h2-5,8H,6-7,9,16H2,1H3. The van der Waals surface area contributed by atoms with E-state index in [2.05, 4.69) is 5.10 Å². The van der Waals surface area contributed by atoms with Gasteiger partial charge < -0.3 is 5.73 Å². The quantitative estimate of drug-likeness (QED) is 0.919. The van der Waals surface area contributed by atoms with E-state index in [1.165, 1.54) is 0 Å². The summed E-state index contributed by atoms with van der Waals surface area (Å²) < 4.78 is 25.1. The van der Waals surface area contributed by atoms with E-state index in [1.807, 2.05) is 19.1 Å². The molecule has 1 fully saturated rings. The fourth-order valence-electron chi connectivity index (χ4n) is 2.75. The SMILES string of the molecule is CC1(n2nc(-c3ccc(Cl)cc3)cc2N)CCS(=O)(=O)C1. The third-order valence-electron chi connectivity index (χ3n) is 3.87. The second-order valence-corrected chi connectivity index (χ2v) is 8.33. The maximum absolute atomic E-state index is 11.7. The predicted octanol–water partition coefficient (Wildman–Crippen LogP) is 2.32. The van der Waals surface area contributed by atoms with Gasteiger partial charge in [-0.05, 0) is 25.5 Å². The van der Waals surface area contributed by atoms with Crippen LogP contribution in [0.5, 0.6) is 0 Å². The van der Waals surface area contributed by atoms with Gasteiger partial charge >= 0.3 is 0 Å². The largest absolute Gasteiger partial charge is 0.384 e. The number of nitrogens with two attached hydrogens (primary N) is 1. The van der Waals surface area contributed by atoms with Crippen molar-refractivity contribution in [1.82, 2.24) is 9.78 Å². The summed E-state index contributed by atoms with van der Waals surface area (Å²) in [5.41, 5.74) is 7.08. The summed E-state index contributed by atoms with van der Waals surface area (Å²) >= 11 is 5.88. The van der Waals surface area contributed by atoms with E-state index in [0.717, 1.165) is 11.3 Å². The highest BCUT2D eigenvalue weighted by atomic mass is 35.5. The summed E-state index contributed by atoms with van der Waals surface area (Å²) in [6.07, 6.45) is 0.529. The summed E-state index contributed by atoms with van der Waals surface area (Å²) in [6.45, 7) is 1.88. The maximum atomic E-state index is 11.7. The average molecular weight is 326 g/mol. The van der Waals surface area contributed by atoms with Crippen LogP contribution in [0.2, 0.25) is 5.02 Å². The number of nitrogens with zero attached hydrogens (tertiary/aromatic N) is 2. The Kier molecular flexibility index (Phi) is 3.26. The van der Waals surface area contributed by atoms with Crippen LogP contribution in [0.1, 0.15) is 13.3 Å². The number of anilines is 1. The van der Waals surface area contributed by atoms with Gasteiger partial charge in [0.05, 0.1) is 22.7 Å². The smallest absolute Gasteiger partial charge is 0.152 e. The second kappa shape index (κ2) is 4.74. The Morgan fingerprint density at radius 1 is 1.33 bits per heavy atom. The molecular weight excluding hydrogens is 310 g/mol. The molecule has 0 radical (unpaired) electrons. The molecule has 0 spiro atoms. The van der Waals surface area contributed by atoms with E-state index in [9.17, 15) is 8.42 Å². The minimum atomic E-state index is -3.01. The van der Waals surface area contributed by atoms with Crippen molar-refractivity contribution in [2.24, 2.45) is 0 Å². The van der Waals surface area contributed by atoms with Gasteiger partial charge in [0.2, 0.25) is 0 Å². The summed E-state index contributed by atoms with van der Waals surface area (Å²) in [6, 6.07) is 9.06. The molecule has 0 bridgehead atoms. The minimum absolute atomic E-state index is 0.0753. The number of aromatic nitrogens is 2. The number of halogens is 1. The first kappa shape index (κ1) is 14.4. The van der Waals surface area contributed by atoms with Crippen LogP contribution in [0.25, 0.3) is 11.3 Å². The Morgan fingerprint density at radius 2 is 2.00 bits per heavy atom. The zero-order valence-electron chi connectivity index (χ0n) is 11.6. The number of sulfone groups is 1. The van der Waals surface area contributed by atoms with Gasteiger partial charge in [-0.3, -0.25) is 0 Å². The Morgan fingerprint density at radius 3 is 2.57 bits per heavy atom. The second-order valence-electron chi connectivity index (χ2n) is 5.71. The molecule has 0 saturated carbocycles. The van der Waals surface area contributed by atoms with Crippen molar-refractivity contribution in [3.05, 3.63) is 35.4 Å². The van der Waals surface area contributed by atoms with Crippen LogP contribution in [0.3, 0.4) is 0 Å². The van der Waals surface area contributed by atoms with Crippen LogP contribution in [-0.2, 0) is 15.4 Å². The first-order chi connectivity index (χ1) is 9.79. The molecule has 0 aliphatic carbocycles. The number of rotatable bonds is 2. The zero-order chi connectivity index (χ0) is 15.3. The Balaban J connectivity index is 2.01. The van der Waals surface area contributed by atoms with Crippen molar-refractivity contribution >= 4 is 27.3 Å². The van der Waals surface area contributed by atoms with Crippen molar-refractivity contribution in [2.45, 2.75) is 18.9 Å². The van der Waals surface area contributed by atoms with Crippen molar-refractivity contribution in [3.8, 4) is 11.3 Å². The number of hydrogen-bond donors (Lipinski definition) is 1. The van der Waals surface area contributed by atoms with E-state index in [0.29, 0.717) is 17.3 Å². The van der Waals surface area contributed by atoms with Crippen LogP contribution in [0.15, 0.2) is 30.3 Å². The lowest BCUT2D eigenvalue weighted by atomic mass is 10.0.